The fraction of sp³-hybridized carbons (Fsp3) is 0.217. The maximum absolute atomic E-state index is 12.8. The van der Waals surface area contributed by atoms with Gasteiger partial charge in [0.15, 0.2) is 0 Å². The summed E-state index contributed by atoms with van der Waals surface area (Å²) in [5, 5.41) is 3.34. The van der Waals surface area contributed by atoms with Crippen LogP contribution in [-0.2, 0) is 13.0 Å². The lowest BCUT2D eigenvalue weighted by atomic mass is 10.00. The predicted octanol–water partition coefficient (Wildman–Crippen LogP) is 4.64. The number of pyridine rings is 1. The second-order valence-corrected chi connectivity index (χ2v) is 7.10. The van der Waals surface area contributed by atoms with Crippen LogP contribution in [0.2, 0.25) is 0 Å². The van der Waals surface area contributed by atoms with E-state index in [1.165, 1.54) is 22.3 Å². The van der Waals surface area contributed by atoms with Crippen molar-refractivity contribution in [2.45, 2.75) is 26.8 Å². The van der Waals surface area contributed by atoms with Crippen LogP contribution in [0, 0.1) is 13.8 Å². The molecule has 1 aliphatic heterocycles. The number of carbonyl (C=O) groups excluding carboxylic acids is 1. The minimum absolute atomic E-state index is 0.0118. The molecule has 1 amide bonds. The molecule has 0 saturated heterocycles. The van der Waals surface area contributed by atoms with Gasteiger partial charge in [0.05, 0.1) is 11.9 Å². The Morgan fingerprint density at radius 1 is 0.963 bits per heavy atom. The number of hydrogen-bond donors (Lipinski definition) is 1. The van der Waals surface area contributed by atoms with Crippen molar-refractivity contribution in [2.75, 3.05) is 11.9 Å². The Balaban J connectivity index is 1.46. The van der Waals surface area contributed by atoms with Crippen LogP contribution in [0.3, 0.4) is 0 Å². The molecule has 0 saturated carbocycles. The molecule has 2 aromatic carbocycles. The Morgan fingerprint density at radius 3 is 2.48 bits per heavy atom. The van der Waals surface area contributed by atoms with Crippen LogP contribution in [0.15, 0.2) is 60.8 Å². The van der Waals surface area contributed by atoms with Crippen LogP contribution in [-0.4, -0.2) is 22.3 Å². The first kappa shape index (κ1) is 17.3. The molecule has 4 heteroatoms. The minimum atomic E-state index is -0.0118. The van der Waals surface area contributed by atoms with Crippen molar-refractivity contribution in [1.29, 1.82) is 0 Å². The van der Waals surface area contributed by atoms with Crippen LogP contribution in [0.5, 0.6) is 0 Å². The van der Waals surface area contributed by atoms with Gasteiger partial charge in [0.2, 0.25) is 0 Å². The van der Waals surface area contributed by atoms with Crippen molar-refractivity contribution < 1.29 is 4.79 Å². The standard InChI is InChI=1S/C23H23N3O/c1-16-7-8-20(13-17(16)2)25-21-9-10-22(24-14-21)23(27)26-12-11-18-5-3-4-6-19(18)15-26/h3-10,13-14,25H,11-12,15H2,1-2H3. The van der Waals surface area contributed by atoms with Gasteiger partial charge in [-0.3, -0.25) is 4.79 Å². The van der Waals surface area contributed by atoms with Crippen LogP contribution in [0.25, 0.3) is 0 Å². The Kier molecular flexibility index (Phi) is 4.63. The molecular formula is C23H23N3O. The van der Waals surface area contributed by atoms with Gasteiger partial charge in [0.1, 0.15) is 5.69 Å². The summed E-state index contributed by atoms with van der Waals surface area (Å²) in [4.78, 5) is 19.1. The summed E-state index contributed by atoms with van der Waals surface area (Å²) in [6, 6.07) is 18.3. The molecule has 4 rings (SSSR count). The van der Waals surface area contributed by atoms with Crippen LogP contribution in [0.1, 0.15) is 32.7 Å². The molecule has 0 aliphatic carbocycles. The molecular weight excluding hydrogens is 334 g/mol. The molecule has 4 nitrogen and oxygen atoms in total. The molecule has 0 spiro atoms. The first-order valence-corrected chi connectivity index (χ1v) is 9.26. The predicted molar refractivity (Wildman–Crippen MR) is 108 cm³/mol. The average Bonchev–Trinajstić information content (AvgIpc) is 2.70. The number of nitrogens with zero attached hydrogens (tertiary/aromatic N) is 2. The third-order valence-electron chi connectivity index (χ3n) is 5.20. The Labute approximate surface area is 159 Å². The second kappa shape index (κ2) is 7.23. The molecule has 136 valence electrons. The van der Waals surface area contributed by atoms with E-state index in [1.807, 2.05) is 23.1 Å². The highest BCUT2D eigenvalue weighted by atomic mass is 16.2. The topological polar surface area (TPSA) is 45.2 Å². The first-order valence-electron chi connectivity index (χ1n) is 9.26. The summed E-state index contributed by atoms with van der Waals surface area (Å²) in [5.41, 5.74) is 7.45. The normalized spacial score (nSPS) is 13.2. The van der Waals surface area contributed by atoms with Gasteiger partial charge in [-0.25, -0.2) is 4.98 Å². The molecule has 0 atom stereocenters. The summed E-state index contributed by atoms with van der Waals surface area (Å²) in [6.07, 6.45) is 2.62. The Hall–Kier alpha value is -3.14. The molecule has 2 heterocycles. The summed E-state index contributed by atoms with van der Waals surface area (Å²) in [7, 11) is 0. The zero-order valence-corrected chi connectivity index (χ0v) is 15.7. The van der Waals surface area contributed by atoms with Crippen LogP contribution < -0.4 is 5.32 Å². The summed E-state index contributed by atoms with van der Waals surface area (Å²) in [5.74, 6) is -0.0118. The smallest absolute Gasteiger partial charge is 0.272 e. The number of amides is 1. The highest BCUT2D eigenvalue weighted by Crippen LogP contribution is 2.22. The zero-order chi connectivity index (χ0) is 18.8. The number of aryl methyl sites for hydroxylation is 2. The summed E-state index contributed by atoms with van der Waals surface area (Å²) < 4.78 is 0. The highest BCUT2D eigenvalue weighted by Gasteiger charge is 2.22. The van der Waals surface area contributed by atoms with Gasteiger partial charge in [-0.15, -0.1) is 0 Å². The fourth-order valence-corrected chi connectivity index (χ4v) is 3.41. The van der Waals surface area contributed by atoms with Gasteiger partial charge in [0, 0.05) is 18.8 Å². The van der Waals surface area contributed by atoms with Crippen molar-refractivity contribution in [3.8, 4) is 0 Å². The molecule has 1 aliphatic rings. The lowest BCUT2D eigenvalue weighted by molar-refractivity contribution is 0.0729. The van der Waals surface area contributed by atoms with Crippen LogP contribution in [0.4, 0.5) is 11.4 Å². The lowest BCUT2D eigenvalue weighted by Crippen LogP contribution is -2.36. The summed E-state index contributed by atoms with van der Waals surface area (Å²) in [6.45, 7) is 5.58. The number of nitrogens with one attached hydrogen (secondary N) is 1. The highest BCUT2D eigenvalue weighted by molar-refractivity contribution is 5.92. The van der Waals surface area contributed by atoms with E-state index >= 15 is 0 Å². The number of rotatable bonds is 3. The lowest BCUT2D eigenvalue weighted by Gasteiger charge is -2.28. The third-order valence-corrected chi connectivity index (χ3v) is 5.20. The second-order valence-electron chi connectivity index (χ2n) is 7.10. The van der Waals surface area contributed by atoms with E-state index in [2.05, 4.69) is 54.5 Å². The number of carbonyl (C=O) groups is 1. The maximum Gasteiger partial charge on any atom is 0.272 e. The van der Waals surface area contributed by atoms with E-state index in [1.54, 1.807) is 12.3 Å². The minimum Gasteiger partial charge on any atom is -0.354 e. The van der Waals surface area contributed by atoms with E-state index in [9.17, 15) is 4.79 Å². The van der Waals surface area contributed by atoms with Crippen molar-refractivity contribution in [2.24, 2.45) is 0 Å². The van der Waals surface area contributed by atoms with E-state index in [-0.39, 0.29) is 5.91 Å². The molecule has 0 fully saturated rings. The fourth-order valence-electron chi connectivity index (χ4n) is 3.41. The monoisotopic (exact) mass is 357 g/mol. The quantitative estimate of drug-likeness (QED) is 0.743. The SMILES string of the molecule is Cc1ccc(Nc2ccc(C(=O)N3CCc4ccccc4C3)nc2)cc1C. The van der Waals surface area contributed by atoms with Gasteiger partial charge in [-0.05, 0) is 66.8 Å². The van der Waals surface area contributed by atoms with Gasteiger partial charge >= 0.3 is 0 Å². The molecule has 0 bridgehead atoms. The van der Waals surface area contributed by atoms with E-state index in [0.29, 0.717) is 12.2 Å². The van der Waals surface area contributed by atoms with E-state index in [4.69, 9.17) is 0 Å². The van der Waals surface area contributed by atoms with Crippen molar-refractivity contribution >= 4 is 17.3 Å². The first-order chi connectivity index (χ1) is 13.1. The van der Waals surface area contributed by atoms with E-state index < -0.39 is 0 Å². The van der Waals surface area contributed by atoms with Gasteiger partial charge in [0.25, 0.3) is 5.91 Å². The third kappa shape index (κ3) is 3.70. The molecule has 27 heavy (non-hydrogen) atoms. The molecule has 3 aromatic rings. The molecule has 1 N–H and O–H groups in total. The van der Waals surface area contributed by atoms with Crippen molar-refractivity contribution in [3.05, 3.63) is 88.7 Å². The van der Waals surface area contributed by atoms with Gasteiger partial charge in [-0.2, -0.15) is 0 Å². The number of fused-ring (bicyclic) bond motifs is 1. The van der Waals surface area contributed by atoms with Crippen molar-refractivity contribution in [3.63, 3.8) is 0 Å². The van der Waals surface area contributed by atoms with Gasteiger partial charge < -0.3 is 10.2 Å². The van der Waals surface area contributed by atoms with Crippen LogP contribution >= 0.6 is 0 Å². The molecule has 0 radical (unpaired) electrons. The Bertz CT molecular complexity index is 979. The number of anilines is 2. The van der Waals surface area contributed by atoms with E-state index in [0.717, 1.165) is 24.3 Å². The molecule has 1 aromatic heterocycles. The largest absolute Gasteiger partial charge is 0.354 e. The number of benzene rings is 2. The average molecular weight is 357 g/mol. The summed E-state index contributed by atoms with van der Waals surface area (Å²) >= 11 is 0. The van der Waals surface area contributed by atoms with Crippen molar-refractivity contribution in [1.82, 2.24) is 9.88 Å². The zero-order valence-electron chi connectivity index (χ0n) is 15.7. The van der Waals surface area contributed by atoms with Gasteiger partial charge in [-0.1, -0.05) is 30.3 Å². The maximum atomic E-state index is 12.8. The molecule has 0 unspecified atom stereocenters. The Morgan fingerprint density at radius 2 is 1.74 bits per heavy atom. The number of aromatic nitrogens is 1. The number of hydrogen-bond acceptors (Lipinski definition) is 3.